The summed E-state index contributed by atoms with van der Waals surface area (Å²) in [5.41, 5.74) is 7.35. The fourth-order valence-corrected chi connectivity index (χ4v) is 4.76. The van der Waals surface area contributed by atoms with Crippen molar-refractivity contribution in [2.75, 3.05) is 0 Å². The van der Waals surface area contributed by atoms with Crippen LogP contribution in [-0.2, 0) is 11.2 Å². The van der Waals surface area contributed by atoms with Crippen molar-refractivity contribution in [2.24, 2.45) is 5.73 Å². The molecule has 0 aliphatic rings. The summed E-state index contributed by atoms with van der Waals surface area (Å²) < 4.78 is 8.29. The number of phenolic OH excluding ortho intramolecular Hbond substituents is 1. The van der Waals surface area contributed by atoms with E-state index in [0.29, 0.717) is 18.6 Å². The number of aryl methyl sites for hydroxylation is 1. The molecule has 2 aromatic carbocycles. The van der Waals surface area contributed by atoms with E-state index in [2.05, 4.69) is 67.8 Å². The fourth-order valence-electron chi connectivity index (χ4n) is 2.11. The van der Waals surface area contributed by atoms with Gasteiger partial charge in [-0.3, -0.25) is 4.79 Å². The molecule has 1 atom stereocenters. The summed E-state index contributed by atoms with van der Waals surface area (Å²) in [4.78, 5) is 10.9. The van der Waals surface area contributed by atoms with Gasteiger partial charge in [-0.25, -0.2) is 0 Å². The maximum atomic E-state index is 10.9. The van der Waals surface area contributed by atoms with Crippen LogP contribution in [0.1, 0.15) is 11.1 Å². The van der Waals surface area contributed by atoms with E-state index in [1.807, 2.05) is 19.1 Å². The normalized spacial score (nSPS) is 12.0. The van der Waals surface area contributed by atoms with Gasteiger partial charge in [-0.1, -0.05) is 6.07 Å². The lowest BCUT2D eigenvalue weighted by atomic mass is 10.0. The number of aliphatic carboxylic acids is 1. The van der Waals surface area contributed by atoms with Crippen molar-refractivity contribution in [1.82, 2.24) is 0 Å². The van der Waals surface area contributed by atoms with Gasteiger partial charge >= 0.3 is 5.97 Å². The molecule has 128 valence electrons. The molecular formula is C16H14I3NO4. The molecule has 0 heterocycles. The molecule has 2 aromatic rings. The van der Waals surface area contributed by atoms with Crippen LogP contribution in [0.2, 0.25) is 0 Å². The van der Waals surface area contributed by atoms with Crippen molar-refractivity contribution in [2.45, 2.75) is 19.4 Å². The number of hydrogen-bond acceptors (Lipinski definition) is 4. The number of halogens is 3. The summed E-state index contributed by atoms with van der Waals surface area (Å²) in [6.45, 7) is 1.91. The standard InChI is InChI=1S/C16H14I3NO4/c1-7-2-8(4-13(20)16(22)23)3-12(19)15(7)24-9-5-10(17)14(21)11(18)6-9/h2-3,5-6,13,21H,4,20H2,1H3,(H,22,23). The van der Waals surface area contributed by atoms with Crippen LogP contribution >= 0.6 is 67.8 Å². The summed E-state index contributed by atoms with van der Waals surface area (Å²) >= 11 is 6.27. The zero-order chi connectivity index (χ0) is 18.0. The van der Waals surface area contributed by atoms with Crippen LogP contribution < -0.4 is 10.5 Å². The molecule has 0 radical (unpaired) electrons. The number of carboxylic acids is 1. The second kappa shape index (κ2) is 8.36. The smallest absolute Gasteiger partial charge is 0.320 e. The van der Waals surface area contributed by atoms with Crippen LogP contribution in [0.3, 0.4) is 0 Å². The van der Waals surface area contributed by atoms with Crippen molar-refractivity contribution in [3.8, 4) is 17.2 Å². The fraction of sp³-hybridized carbons (Fsp3) is 0.188. The third-order valence-electron chi connectivity index (χ3n) is 3.27. The van der Waals surface area contributed by atoms with Gasteiger partial charge in [0.2, 0.25) is 0 Å². The molecule has 4 N–H and O–H groups in total. The highest BCUT2D eigenvalue weighted by atomic mass is 127. The van der Waals surface area contributed by atoms with Gasteiger partial charge in [-0.05, 0) is 110 Å². The number of carboxylic acid groups (broad SMARTS) is 1. The Labute approximate surface area is 180 Å². The maximum absolute atomic E-state index is 10.9. The van der Waals surface area contributed by atoms with Crippen molar-refractivity contribution < 1.29 is 19.7 Å². The predicted molar refractivity (Wildman–Crippen MR) is 117 cm³/mol. The Morgan fingerprint density at radius 3 is 2.25 bits per heavy atom. The molecule has 0 spiro atoms. The monoisotopic (exact) mass is 665 g/mol. The van der Waals surface area contributed by atoms with Gasteiger partial charge in [0, 0.05) is 0 Å². The predicted octanol–water partition coefficient (Wildman–Crippen LogP) is 4.26. The summed E-state index contributed by atoms with van der Waals surface area (Å²) in [6, 6.07) is 6.37. The average Bonchev–Trinajstić information content (AvgIpc) is 2.48. The molecule has 0 aliphatic carbocycles. The van der Waals surface area contributed by atoms with E-state index in [9.17, 15) is 9.90 Å². The lowest BCUT2D eigenvalue weighted by Crippen LogP contribution is -2.32. The highest BCUT2D eigenvalue weighted by molar-refractivity contribution is 14.1. The molecule has 1 unspecified atom stereocenters. The largest absolute Gasteiger partial charge is 0.506 e. The van der Waals surface area contributed by atoms with Gasteiger partial charge in [-0.15, -0.1) is 0 Å². The highest BCUT2D eigenvalue weighted by Gasteiger charge is 2.16. The second-order valence-electron chi connectivity index (χ2n) is 5.21. The summed E-state index contributed by atoms with van der Waals surface area (Å²) in [6.07, 6.45) is 0.265. The van der Waals surface area contributed by atoms with Crippen molar-refractivity contribution in [1.29, 1.82) is 0 Å². The van der Waals surface area contributed by atoms with E-state index in [1.165, 1.54) is 0 Å². The number of ether oxygens (including phenoxy) is 1. The first-order chi connectivity index (χ1) is 11.2. The minimum absolute atomic E-state index is 0.243. The van der Waals surface area contributed by atoms with E-state index >= 15 is 0 Å². The summed E-state index contributed by atoms with van der Waals surface area (Å²) in [5.74, 6) is 0.572. The van der Waals surface area contributed by atoms with Crippen LogP contribution in [0.25, 0.3) is 0 Å². The lowest BCUT2D eigenvalue weighted by Gasteiger charge is -2.15. The van der Waals surface area contributed by atoms with E-state index in [-0.39, 0.29) is 12.2 Å². The Bertz CT molecular complexity index is 749. The van der Waals surface area contributed by atoms with Gasteiger partial charge in [0.05, 0.1) is 10.7 Å². The molecule has 0 saturated heterocycles. The summed E-state index contributed by atoms with van der Waals surface area (Å²) in [7, 11) is 0. The van der Waals surface area contributed by atoms with E-state index in [1.54, 1.807) is 12.1 Å². The van der Waals surface area contributed by atoms with E-state index < -0.39 is 12.0 Å². The number of nitrogens with two attached hydrogens (primary N) is 1. The van der Waals surface area contributed by atoms with Gasteiger partial charge in [0.25, 0.3) is 0 Å². The van der Waals surface area contributed by atoms with Crippen molar-refractivity contribution >= 4 is 73.7 Å². The molecule has 0 saturated carbocycles. The number of rotatable bonds is 5. The SMILES string of the molecule is Cc1cc(CC(N)C(=O)O)cc(I)c1Oc1cc(I)c(O)c(I)c1. The third-order valence-corrected chi connectivity index (χ3v) is 5.72. The first kappa shape index (κ1) is 20.0. The number of phenols is 1. The number of carbonyl (C=O) groups is 1. The molecule has 0 bridgehead atoms. The first-order valence-corrected chi connectivity index (χ1v) is 10.1. The zero-order valence-electron chi connectivity index (χ0n) is 12.5. The molecule has 0 aliphatic heterocycles. The van der Waals surface area contributed by atoms with Gasteiger partial charge in [0.1, 0.15) is 23.3 Å². The minimum Gasteiger partial charge on any atom is -0.506 e. The molecule has 0 aromatic heterocycles. The zero-order valence-corrected chi connectivity index (χ0v) is 19.0. The van der Waals surface area contributed by atoms with Crippen LogP contribution in [-0.4, -0.2) is 22.2 Å². The Kier molecular flexibility index (Phi) is 6.96. The van der Waals surface area contributed by atoms with Gasteiger partial charge in [0.15, 0.2) is 0 Å². The molecule has 5 nitrogen and oxygen atoms in total. The van der Waals surface area contributed by atoms with Gasteiger partial charge in [-0.2, -0.15) is 0 Å². The number of aromatic hydroxyl groups is 1. The van der Waals surface area contributed by atoms with Crippen LogP contribution in [0.5, 0.6) is 17.2 Å². The van der Waals surface area contributed by atoms with Gasteiger partial charge < -0.3 is 20.7 Å². The molecule has 0 fully saturated rings. The number of benzene rings is 2. The topological polar surface area (TPSA) is 92.8 Å². The summed E-state index contributed by atoms with van der Waals surface area (Å²) in [5, 5.41) is 18.8. The Morgan fingerprint density at radius 2 is 1.75 bits per heavy atom. The molecule has 0 amide bonds. The number of hydrogen-bond donors (Lipinski definition) is 3. The third kappa shape index (κ3) is 4.85. The quantitative estimate of drug-likeness (QED) is 0.416. The van der Waals surface area contributed by atoms with Crippen LogP contribution in [0, 0.1) is 17.6 Å². The van der Waals surface area contributed by atoms with Crippen LogP contribution in [0.4, 0.5) is 0 Å². The second-order valence-corrected chi connectivity index (χ2v) is 8.70. The average molecular weight is 665 g/mol. The molecule has 24 heavy (non-hydrogen) atoms. The Balaban J connectivity index is 2.30. The first-order valence-electron chi connectivity index (χ1n) is 6.82. The maximum Gasteiger partial charge on any atom is 0.320 e. The molecular weight excluding hydrogens is 651 g/mol. The molecule has 2 rings (SSSR count). The minimum atomic E-state index is -1.02. The van der Waals surface area contributed by atoms with Crippen LogP contribution in [0.15, 0.2) is 24.3 Å². The lowest BCUT2D eigenvalue weighted by molar-refractivity contribution is -0.138. The Morgan fingerprint density at radius 1 is 1.17 bits per heavy atom. The Hall–Kier alpha value is -0.340. The highest BCUT2D eigenvalue weighted by Crippen LogP contribution is 2.36. The van der Waals surface area contributed by atoms with Crippen molar-refractivity contribution in [3.05, 3.63) is 46.1 Å². The van der Waals surface area contributed by atoms with Crippen molar-refractivity contribution in [3.63, 3.8) is 0 Å². The van der Waals surface area contributed by atoms with E-state index in [0.717, 1.165) is 14.7 Å². The molecule has 8 heteroatoms. The van der Waals surface area contributed by atoms with E-state index in [4.69, 9.17) is 15.6 Å².